The fraction of sp³-hybridized carbons (Fsp3) is 0. The Labute approximate surface area is 128 Å². The second-order valence-corrected chi connectivity index (χ2v) is 4.83. The molecule has 0 bridgehead atoms. The van der Waals surface area contributed by atoms with Gasteiger partial charge in [-0.3, -0.25) is 0 Å². The van der Waals surface area contributed by atoms with Crippen LogP contribution in [0.5, 0.6) is 11.5 Å². The molecule has 0 unspecified atom stereocenters. The number of hydrogen-bond acceptors (Lipinski definition) is 3. The van der Waals surface area contributed by atoms with Crippen molar-refractivity contribution >= 4 is 16.7 Å². The third-order valence-corrected chi connectivity index (χ3v) is 3.44. The lowest BCUT2D eigenvalue weighted by atomic mass is 9.97. The molecule has 22 heavy (non-hydrogen) atoms. The third kappa shape index (κ3) is 2.56. The van der Waals surface area contributed by atoms with Crippen LogP contribution in [-0.2, 0) is 4.79 Å². The predicted octanol–water partition coefficient (Wildman–Crippen LogP) is 4.30. The van der Waals surface area contributed by atoms with Gasteiger partial charge in [0.2, 0.25) is 0 Å². The zero-order valence-corrected chi connectivity index (χ0v) is 11.8. The highest BCUT2D eigenvalue weighted by Gasteiger charge is 2.10. The summed E-state index contributed by atoms with van der Waals surface area (Å²) >= 11 is 0. The summed E-state index contributed by atoms with van der Waals surface area (Å²) in [5, 5.41) is 11.2. The van der Waals surface area contributed by atoms with Gasteiger partial charge in [0.1, 0.15) is 11.5 Å². The maximum atomic E-state index is 11.4. The Morgan fingerprint density at radius 3 is 2.32 bits per heavy atom. The van der Waals surface area contributed by atoms with E-state index in [0.717, 1.165) is 28.0 Å². The molecule has 0 saturated heterocycles. The molecule has 0 atom stereocenters. The number of aromatic hydroxyl groups is 1. The Morgan fingerprint density at radius 1 is 0.955 bits per heavy atom. The van der Waals surface area contributed by atoms with Gasteiger partial charge in [-0.05, 0) is 34.7 Å². The van der Waals surface area contributed by atoms with Crippen LogP contribution in [0.1, 0.15) is 0 Å². The smallest absolute Gasteiger partial charge is 0.335 e. The van der Waals surface area contributed by atoms with Crippen molar-refractivity contribution in [3.8, 4) is 22.6 Å². The van der Waals surface area contributed by atoms with E-state index < -0.39 is 5.97 Å². The minimum absolute atomic E-state index is 0.226. The quantitative estimate of drug-likeness (QED) is 0.444. The van der Waals surface area contributed by atoms with Crippen LogP contribution in [-0.4, -0.2) is 11.1 Å². The lowest BCUT2D eigenvalue weighted by Gasteiger charge is -2.11. The monoisotopic (exact) mass is 290 g/mol. The highest BCUT2D eigenvalue weighted by atomic mass is 16.5. The van der Waals surface area contributed by atoms with E-state index in [1.54, 1.807) is 18.2 Å². The van der Waals surface area contributed by atoms with Crippen LogP contribution >= 0.6 is 0 Å². The van der Waals surface area contributed by atoms with Gasteiger partial charge in [-0.25, -0.2) is 4.79 Å². The SMILES string of the molecule is C=CC(=O)Oc1ccc(-c2ccc(O)cc2)c2ccccc12. The first-order valence-corrected chi connectivity index (χ1v) is 6.84. The van der Waals surface area contributed by atoms with Gasteiger partial charge in [-0.15, -0.1) is 0 Å². The molecular weight excluding hydrogens is 276 g/mol. The average molecular weight is 290 g/mol. The first-order chi connectivity index (χ1) is 10.7. The van der Waals surface area contributed by atoms with Crippen LogP contribution in [0, 0.1) is 0 Å². The molecule has 0 fully saturated rings. The van der Waals surface area contributed by atoms with E-state index in [9.17, 15) is 9.90 Å². The molecule has 1 N–H and O–H groups in total. The zero-order valence-electron chi connectivity index (χ0n) is 11.8. The zero-order chi connectivity index (χ0) is 15.5. The average Bonchev–Trinajstić information content (AvgIpc) is 2.56. The molecule has 0 aliphatic rings. The van der Waals surface area contributed by atoms with E-state index in [2.05, 4.69) is 6.58 Å². The molecule has 0 aliphatic carbocycles. The highest BCUT2D eigenvalue weighted by molar-refractivity contribution is 6.01. The molecule has 0 radical (unpaired) electrons. The van der Waals surface area contributed by atoms with Crippen LogP contribution in [0.15, 0.2) is 73.3 Å². The number of benzene rings is 3. The topological polar surface area (TPSA) is 46.5 Å². The van der Waals surface area contributed by atoms with Crippen LogP contribution in [0.2, 0.25) is 0 Å². The number of rotatable bonds is 3. The van der Waals surface area contributed by atoms with E-state index in [1.807, 2.05) is 42.5 Å². The normalized spacial score (nSPS) is 10.4. The second kappa shape index (κ2) is 5.74. The third-order valence-electron chi connectivity index (χ3n) is 3.44. The number of phenols is 1. The molecule has 108 valence electrons. The van der Waals surface area contributed by atoms with E-state index in [-0.39, 0.29) is 5.75 Å². The number of fused-ring (bicyclic) bond motifs is 1. The van der Waals surface area contributed by atoms with Gasteiger partial charge in [0.25, 0.3) is 0 Å². The lowest BCUT2D eigenvalue weighted by molar-refractivity contribution is -0.128. The first-order valence-electron chi connectivity index (χ1n) is 6.84. The van der Waals surface area contributed by atoms with Crippen molar-refractivity contribution in [2.75, 3.05) is 0 Å². The summed E-state index contributed by atoms with van der Waals surface area (Å²) < 4.78 is 5.29. The van der Waals surface area contributed by atoms with Gasteiger partial charge in [-0.1, -0.05) is 49.0 Å². The summed E-state index contributed by atoms with van der Waals surface area (Å²) in [7, 11) is 0. The molecule has 3 aromatic carbocycles. The molecule has 3 rings (SSSR count). The number of carbonyl (C=O) groups excluding carboxylic acids is 1. The summed E-state index contributed by atoms with van der Waals surface area (Å²) in [5.74, 6) is 0.246. The summed E-state index contributed by atoms with van der Waals surface area (Å²) in [4.78, 5) is 11.4. The minimum atomic E-state index is -0.484. The maximum absolute atomic E-state index is 11.4. The van der Waals surface area contributed by atoms with Crippen molar-refractivity contribution in [2.45, 2.75) is 0 Å². The van der Waals surface area contributed by atoms with E-state index in [1.165, 1.54) is 0 Å². The van der Waals surface area contributed by atoms with Crippen molar-refractivity contribution in [3.05, 3.63) is 73.3 Å². The number of esters is 1. The Morgan fingerprint density at radius 2 is 1.64 bits per heavy atom. The number of hydrogen-bond donors (Lipinski definition) is 1. The summed E-state index contributed by atoms with van der Waals surface area (Å²) in [5.41, 5.74) is 1.99. The largest absolute Gasteiger partial charge is 0.508 e. The molecular formula is C19H14O3. The van der Waals surface area contributed by atoms with Gasteiger partial charge in [0.05, 0.1) is 0 Å². The highest BCUT2D eigenvalue weighted by Crippen LogP contribution is 2.35. The molecule has 3 heteroatoms. The van der Waals surface area contributed by atoms with Crippen molar-refractivity contribution in [1.29, 1.82) is 0 Å². The summed E-state index contributed by atoms with van der Waals surface area (Å²) in [6.07, 6.45) is 1.14. The van der Waals surface area contributed by atoms with Crippen molar-refractivity contribution < 1.29 is 14.6 Å². The Balaban J connectivity index is 2.17. The van der Waals surface area contributed by atoms with E-state index in [0.29, 0.717) is 5.75 Å². The van der Waals surface area contributed by atoms with Crippen molar-refractivity contribution in [2.24, 2.45) is 0 Å². The Hall–Kier alpha value is -3.07. The predicted molar refractivity (Wildman–Crippen MR) is 86.9 cm³/mol. The number of ether oxygens (including phenoxy) is 1. The van der Waals surface area contributed by atoms with Crippen LogP contribution in [0.25, 0.3) is 21.9 Å². The van der Waals surface area contributed by atoms with Crippen molar-refractivity contribution in [1.82, 2.24) is 0 Å². The molecule has 3 aromatic rings. The molecule has 0 spiro atoms. The second-order valence-electron chi connectivity index (χ2n) is 4.83. The van der Waals surface area contributed by atoms with Crippen LogP contribution in [0.3, 0.4) is 0 Å². The molecule has 0 saturated carbocycles. The maximum Gasteiger partial charge on any atom is 0.335 e. The number of carbonyl (C=O) groups is 1. The van der Waals surface area contributed by atoms with Crippen LogP contribution in [0.4, 0.5) is 0 Å². The lowest BCUT2D eigenvalue weighted by Crippen LogP contribution is -2.03. The first kappa shape index (κ1) is 13.9. The van der Waals surface area contributed by atoms with Gasteiger partial charge in [0.15, 0.2) is 0 Å². The summed E-state index contributed by atoms with van der Waals surface area (Å²) in [6.45, 7) is 3.41. The standard InChI is InChI=1S/C19H14O3/c1-2-19(21)22-18-12-11-15(13-7-9-14(20)10-8-13)16-5-3-4-6-17(16)18/h2-12,20H,1H2. The Kier molecular flexibility index (Phi) is 3.62. The molecule has 3 nitrogen and oxygen atoms in total. The van der Waals surface area contributed by atoms with E-state index in [4.69, 9.17) is 4.74 Å². The molecule has 0 aromatic heterocycles. The van der Waals surface area contributed by atoms with Crippen LogP contribution < -0.4 is 4.74 Å². The van der Waals surface area contributed by atoms with Gasteiger partial charge < -0.3 is 9.84 Å². The number of phenolic OH excluding ortho intramolecular Hbond substituents is 1. The van der Waals surface area contributed by atoms with Gasteiger partial charge in [0, 0.05) is 11.5 Å². The van der Waals surface area contributed by atoms with Gasteiger partial charge >= 0.3 is 5.97 Å². The minimum Gasteiger partial charge on any atom is -0.508 e. The van der Waals surface area contributed by atoms with Crippen molar-refractivity contribution in [3.63, 3.8) is 0 Å². The molecule has 0 amide bonds. The summed E-state index contributed by atoms with van der Waals surface area (Å²) in [6, 6.07) is 18.4. The van der Waals surface area contributed by atoms with Gasteiger partial charge in [-0.2, -0.15) is 0 Å². The molecule has 0 heterocycles. The Bertz CT molecular complexity index is 848. The van der Waals surface area contributed by atoms with E-state index >= 15 is 0 Å². The fourth-order valence-electron chi connectivity index (χ4n) is 2.40. The molecule has 0 aliphatic heterocycles. The fourth-order valence-corrected chi connectivity index (χ4v) is 2.40.